The van der Waals surface area contributed by atoms with Gasteiger partial charge in [-0.3, -0.25) is 14.7 Å². The van der Waals surface area contributed by atoms with Crippen LogP contribution >= 0.6 is 11.3 Å². The van der Waals surface area contributed by atoms with Crippen LogP contribution in [0.4, 0.5) is 5.69 Å². The van der Waals surface area contributed by atoms with Crippen LogP contribution in [0.5, 0.6) is 0 Å². The molecule has 2 saturated heterocycles. The van der Waals surface area contributed by atoms with Gasteiger partial charge in [0.1, 0.15) is 0 Å². The monoisotopic (exact) mass is 313 g/mol. The number of nitrogens with zero attached hydrogens (tertiary/aromatic N) is 3. The lowest BCUT2D eigenvalue weighted by molar-refractivity contribution is -0.138. The number of hydrogen-bond donors (Lipinski definition) is 0. The largest absolute Gasteiger partial charge is 0.309 e. The molecule has 2 aromatic heterocycles. The highest BCUT2D eigenvalue weighted by Gasteiger charge is 2.53. The molecule has 2 aliphatic heterocycles. The van der Waals surface area contributed by atoms with Gasteiger partial charge in [0.15, 0.2) is 0 Å². The third kappa shape index (κ3) is 2.34. The molecule has 0 bridgehead atoms. The van der Waals surface area contributed by atoms with Crippen molar-refractivity contribution in [2.75, 3.05) is 24.5 Å². The van der Waals surface area contributed by atoms with Gasteiger partial charge < -0.3 is 4.90 Å². The van der Waals surface area contributed by atoms with E-state index in [-0.39, 0.29) is 11.3 Å². The Morgan fingerprint density at radius 3 is 2.77 bits per heavy atom. The van der Waals surface area contributed by atoms with Gasteiger partial charge in [-0.15, -0.1) is 0 Å². The summed E-state index contributed by atoms with van der Waals surface area (Å²) in [5.41, 5.74) is 2.21. The molecule has 22 heavy (non-hydrogen) atoms. The molecule has 0 radical (unpaired) electrons. The van der Waals surface area contributed by atoms with E-state index >= 15 is 0 Å². The Morgan fingerprint density at radius 1 is 1.27 bits per heavy atom. The van der Waals surface area contributed by atoms with Gasteiger partial charge in [0.2, 0.25) is 5.91 Å². The predicted octanol–water partition coefficient (Wildman–Crippen LogP) is 2.77. The molecule has 1 spiro atoms. The van der Waals surface area contributed by atoms with Crippen LogP contribution in [0.25, 0.3) is 0 Å². The molecule has 0 saturated carbocycles. The first kappa shape index (κ1) is 13.9. The first-order chi connectivity index (χ1) is 10.8. The van der Waals surface area contributed by atoms with Crippen LogP contribution in [0.3, 0.4) is 0 Å². The van der Waals surface area contributed by atoms with Crippen LogP contribution in [-0.4, -0.2) is 35.4 Å². The van der Waals surface area contributed by atoms with E-state index in [0.29, 0.717) is 0 Å². The first-order valence-corrected chi connectivity index (χ1v) is 8.67. The number of likely N-dealkylation sites (tertiary alicyclic amines) is 1. The molecule has 0 atom stereocenters. The standard InChI is InChI=1S/C17H19N3OS/c21-16-17(13-20(16)15-2-1-6-18-10-15)4-7-19(8-5-17)11-14-3-9-22-12-14/h1-3,6,9-10,12H,4-5,7-8,11,13H2. The summed E-state index contributed by atoms with van der Waals surface area (Å²) in [6, 6.07) is 6.04. The first-order valence-electron chi connectivity index (χ1n) is 7.72. The van der Waals surface area contributed by atoms with Crippen molar-refractivity contribution in [2.24, 2.45) is 5.41 Å². The average molecular weight is 313 g/mol. The highest BCUT2D eigenvalue weighted by Crippen LogP contribution is 2.43. The molecule has 1 amide bonds. The molecule has 2 fully saturated rings. The average Bonchev–Trinajstić information content (AvgIpc) is 3.07. The topological polar surface area (TPSA) is 36.4 Å². The normalized spacial score (nSPS) is 21.1. The van der Waals surface area contributed by atoms with Crippen LogP contribution in [0.2, 0.25) is 0 Å². The van der Waals surface area contributed by atoms with Gasteiger partial charge in [-0.25, -0.2) is 0 Å². The van der Waals surface area contributed by atoms with E-state index in [1.807, 2.05) is 17.0 Å². The predicted molar refractivity (Wildman–Crippen MR) is 87.9 cm³/mol. The van der Waals surface area contributed by atoms with Gasteiger partial charge >= 0.3 is 0 Å². The maximum Gasteiger partial charge on any atom is 0.235 e. The van der Waals surface area contributed by atoms with Crippen LogP contribution in [0.1, 0.15) is 18.4 Å². The SMILES string of the molecule is O=C1N(c2cccnc2)CC12CCN(Cc1ccsc1)CC2. The van der Waals surface area contributed by atoms with Crippen molar-refractivity contribution in [3.63, 3.8) is 0 Å². The summed E-state index contributed by atoms with van der Waals surface area (Å²) in [6.45, 7) is 3.90. The van der Waals surface area contributed by atoms with Gasteiger partial charge in [0, 0.05) is 19.3 Å². The smallest absolute Gasteiger partial charge is 0.235 e. The van der Waals surface area contributed by atoms with Gasteiger partial charge in [-0.05, 0) is 60.5 Å². The van der Waals surface area contributed by atoms with E-state index < -0.39 is 0 Å². The summed E-state index contributed by atoms with van der Waals surface area (Å²) in [4.78, 5) is 21.1. The lowest BCUT2D eigenvalue weighted by atomic mass is 9.71. The molecular formula is C17H19N3OS. The zero-order chi connectivity index (χ0) is 15.0. The summed E-state index contributed by atoms with van der Waals surface area (Å²) in [6.07, 6.45) is 5.47. The van der Waals surface area contributed by atoms with Crippen LogP contribution in [0.15, 0.2) is 41.4 Å². The summed E-state index contributed by atoms with van der Waals surface area (Å²) in [5.74, 6) is 0.288. The third-order valence-corrected chi connectivity index (χ3v) is 5.65. The minimum atomic E-state index is -0.110. The van der Waals surface area contributed by atoms with E-state index in [4.69, 9.17) is 0 Å². The van der Waals surface area contributed by atoms with Crippen molar-refractivity contribution in [3.8, 4) is 0 Å². The number of piperidine rings is 1. The lowest BCUT2D eigenvalue weighted by Gasteiger charge is -2.52. The number of anilines is 1. The lowest BCUT2D eigenvalue weighted by Crippen LogP contribution is -2.65. The summed E-state index contributed by atoms with van der Waals surface area (Å²) in [5, 5.41) is 4.34. The van der Waals surface area contributed by atoms with Crippen LogP contribution in [-0.2, 0) is 11.3 Å². The third-order valence-electron chi connectivity index (χ3n) is 4.92. The van der Waals surface area contributed by atoms with Crippen molar-refractivity contribution < 1.29 is 4.79 Å². The number of rotatable bonds is 3. The fourth-order valence-corrected chi connectivity index (χ4v) is 4.17. The van der Waals surface area contributed by atoms with Crippen LogP contribution < -0.4 is 4.90 Å². The van der Waals surface area contributed by atoms with E-state index in [1.165, 1.54) is 5.56 Å². The van der Waals surface area contributed by atoms with Crippen molar-refractivity contribution in [2.45, 2.75) is 19.4 Å². The molecule has 4 nitrogen and oxygen atoms in total. The Kier molecular flexibility index (Phi) is 3.47. The van der Waals surface area contributed by atoms with Crippen molar-refractivity contribution in [1.82, 2.24) is 9.88 Å². The van der Waals surface area contributed by atoms with E-state index in [2.05, 4.69) is 26.7 Å². The molecule has 0 aliphatic carbocycles. The zero-order valence-electron chi connectivity index (χ0n) is 12.4. The number of β-lactam (4-membered cyclic amide) rings is 1. The second kappa shape index (κ2) is 5.48. The maximum atomic E-state index is 12.6. The number of carbonyl (C=O) groups is 1. The summed E-state index contributed by atoms with van der Waals surface area (Å²) >= 11 is 1.75. The number of pyridine rings is 1. The van der Waals surface area contributed by atoms with Gasteiger partial charge in [0.05, 0.1) is 17.3 Å². The second-order valence-electron chi connectivity index (χ2n) is 6.29. The molecule has 2 aromatic rings. The Morgan fingerprint density at radius 2 is 2.14 bits per heavy atom. The van der Waals surface area contributed by atoms with E-state index in [9.17, 15) is 4.79 Å². The molecular weight excluding hydrogens is 294 g/mol. The van der Waals surface area contributed by atoms with Gasteiger partial charge in [0.25, 0.3) is 0 Å². The van der Waals surface area contributed by atoms with E-state index in [1.54, 1.807) is 23.7 Å². The molecule has 114 valence electrons. The molecule has 4 rings (SSSR count). The molecule has 0 unspecified atom stereocenters. The Bertz CT molecular complexity index is 648. The minimum Gasteiger partial charge on any atom is -0.309 e. The molecule has 4 heterocycles. The number of carbonyl (C=O) groups excluding carboxylic acids is 1. The Balaban J connectivity index is 1.37. The van der Waals surface area contributed by atoms with E-state index in [0.717, 1.165) is 44.7 Å². The highest BCUT2D eigenvalue weighted by molar-refractivity contribution is 7.07. The van der Waals surface area contributed by atoms with Crippen molar-refractivity contribution in [1.29, 1.82) is 0 Å². The fourth-order valence-electron chi connectivity index (χ4n) is 3.51. The zero-order valence-corrected chi connectivity index (χ0v) is 13.3. The van der Waals surface area contributed by atoms with Crippen LogP contribution in [0, 0.1) is 5.41 Å². The summed E-state index contributed by atoms with van der Waals surface area (Å²) in [7, 11) is 0. The Labute approximate surface area is 134 Å². The van der Waals surface area contributed by atoms with Gasteiger partial charge in [-0.1, -0.05) is 0 Å². The second-order valence-corrected chi connectivity index (χ2v) is 7.07. The van der Waals surface area contributed by atoms with Gasteiger partial charge in [-0.2, -0.15) is 11.3 Å². The molecule has 2 aliphatic rings. The molecule has 5 heteroatoms. The Hall–Kier alpha value is -1.72. The fraction of sp³-hybridized carbons (Fsp3) is 0.412. The van der Waals surface area contributed by atoms with Crippen molar-refractivity contribution in [3.05, 3.63) is 46.9 Å². The number of thiophene rings is 1. The highest BCUT2D eigenvalue weighted by atomic mass is 32.1. The van der Waals surface area contributed by atoms with Crippen molar-refractivity contribution >= 4 is 22.9 Å². The minimum absolute atomic E-state index is 0.110. The summed E-state index contributed by atoms with van der Waals surface area (Å²) < 4.78 is 0. The molecule has 0 N–H and O–H groups in total. The number of aromatic nitrogens is 1. The maximum absolute atomic E-state index is 12.6. The number of amides is 1. The molecule has 0 aromatic carbocycles. The quantitative estimate of drug-likeness (QED) is 0.818. The number of hydrogen-bond acceptors (Lipinski definition) is 4.